The average molecular weight is 477 g/mol. The zero-order valence-corrected chi connectivity index (χ0v) is 18.3. The number of oxime groups is 1. The van der Waals surface area contributed by atoms with Crippen LogP contribution in [0.5, 0.6) is 5.75 Å². The number of carbonyl (C=O) groups is 1. The summed E-state index contributed by atoms with van der Waals surface area (Å²) in [5, 5.41) is 13.1. The van der Waals surface area contributed by atoms with Gasteiger partial charge in [0, 0.05) is 17.1 Å². The molecule has 5 nitrogen and oxygen atoms in total. The molecular weight excluding hydrogens is 457 g/mol. The fraction of sp³-hybridized carbons (Fsp3) is 0.167. The lowest BCUT2D eigenvalue weighted by atomic mass is 10.1. The van der Waals surface area contributed by atoms with Gasteiger partial charge in [-0.15, -0.1) is 0 Å². The number of rotatable bonds is 7. The van der Waals surface area contributed by atoms with Crippen molar-refractivity contribution in [2.75, 3.05) is 18.6 Å². The zero-order valence-electron chi connectivity index (χ0n) is 17.5. The number of methoxy groups -OCH3 is 1. The number of amides is 1. The maximum absolute atomic E-state index is 13.4. The quantitative estimate of drug-likeness (QED) is 0.265. The van der Waals surface area contributed by atoms with Crippen molar-refractivity contribution in [2.45, 2.75) is 12.6 Å². The third-order valence-corrected chi connectivity index (χ3v) is 5.17. The molecule has 0 spiro atoms. The largest absolute Gasteiger partial charge is 0.495 e. The molecule has 3 aromatic carbocycles. The lowest BCUT2D eigenvalue weighted by Crippen LogP contribution is -2.39. The van der Waals surface area contributed by atoms with Crippen molar-refractivity contribution in [1.29, 1.82) is 0 Å². The first-order valence-corrected chi connectivity index (χ1v) is 10.2. The van der Waals surface area contributed by atoms with Gasteiger partial charge in [0.05, 0.1) is 18.4 Å². The number of hydrogen-bond acceptors (Lipinski definition) is 4. The minimum absolute atomic E-state index is 0.0623. The van der Waals surface area contributed by atoms with Gasteiger partial charge in [0.15, 0.2) is 5.71 Å². The smallest absolute Gasteiger partial charge is 0.416 e. The van der Waals surface area contributed by atoms with E-state index >= 15 is 0 Å². The predicted octanol–water partition coefficient (Wildman–Crippen LogP) is 5.82. The van der Waals surface area contributed by atoms with Crippen LogP contribution in [0.4, 0.5) is 18.9 Å². The van der Waals surface area contributed by atoms with Gasteiger partial charge in [-0.25, -0.2) is 0 Å². The van der Waals surface area contributed by atoms with Gasteiger partial charge in [-0.2, -0.15) is 13.2 Å². The molecule has 1 N–H and O–H groups in total. The summed E-state index contributed by atoms with van der Waals surface area (Å²) in [6.45, 7) is 0.0623. The molecular formula is C24H20ClF3N2O3. The Labute approximate surface area is 193 Å². The molecule has 0 saturated heterocycles. The summed E-state index contributed by atoms with van der Waals surface area (Å²) in [7, 11) is 1.43. The van der Waals surface area contributed by atoms with Crippen molar-refractivity contribution in [3.63, 3.8) is 0 Å². The lowest BCUT2D eigenvalue weighted by molar-refractivity contribution is -0.137. The maximum atomic E-state index is 13.4. The topological polar surface area (TPSA) is 62.1 Å². The highest BCUT2D eigenvalue weighted by Crippen LogP contribution is 2.33. The van der Waals surface area contributed by atoms with Gasteiger partial charge in [0.25, 0.3) is 5.91 Å². The Morgan fingerprint density at radius 3 is 2.30 bits per heavy atom. The van der Waals surface area contributed by atoms with Crippen LogP contribution in [0.25, 0.3) is 0 Å². The first-order chi connectivity index (χ1) is 15.7. The lowest BCUT2D eigenvalue weighted by Gasteiger charge is -2.25. The summed E-state index contributed by atoms with van der Waals surface area (Å²) < 4.78 is 43.9. The average Bonchev–Trinajstić information content (AvgIpc) is 2.80. The van der Waals surface area contributed by atoms with Crippen LogP contribution in [0.2, 0.25) is 5.02 Å². The predicted molar refractivity (Wildman–Crippen MR) is 120 cm³/mol. The van der Waals surface area contributed by atoms with Crippen LogP contribution < -0.4 is 9.64 Å². The van der Waals surface area contributed by atoms with Crippen LogP contribution >= 0.6 is 11.6 Å². The van der Waals surface area contributed by atoms with Crippen molar-refractivity contribution in [3.8, 4) is 5.75 Å². The van der Waals surface area contributed by atoms with E-state index in [1.807, 2.05) is 0 Å². The first-order valence-electron chi connectivity index (χ1n) is 9.83. The van der Waals surface area contributed by atoms with Gasteiger partial charge in [-0.05, 0) is 42.3 Å². The van der Waals surface area contributed by atoms with E-state index in [-0.39, 0.29) is 18.7 Å². The number of alkyl halides is 3. The Morgan fingerprint density at radius 1 is 1.06 bits per heavy atom. The Balaban J connectivity index is 1.96. The molecule has 172 valence electrons. The SMILES string of the molecule is COc1ccc(Cl)cc1N(CCc1ccc(C(F)(F)F)cc1)C(=O)C(=NO)c1ccccc1. The Morgan fingerprint density at radius 2 is 1.73 bits per heavy atom. The zero-order chi connectivity index (χ0) is 24.0. The third kappa shape index (κ3) is 5.84. The minimum atomic E-state index is -4.43. The van der Waals surface area contributed by atoms with E-state index < -0.39 is 17.6 Å². The summed E-state index contributed by atoms with van der Waals surface area (Å²) in [4.78, 5) is 14.8. The Kier molecular flexibility index (Phi) is 7.60. The molecule has 9 heteroatoms. The number of nitrogens with zero attached hydrogens (tertiary/aromatic N) is 2. The number of benzene rings is 3. The van der Waals surface area contributed by atoms with Crippen LogP contribution in [0.1, 0.15) is 16.7 Å². The molecule has 0 aliphatic heterocycles. The highest BCUT2D eigenvalue weighted by Gasteiger charge is 2.30. The molecule has 0 radical (unpaired) electrons. The molecule has 0 atom stereocenters. The molecule has 0 unspecified atom stereocenters. The highest BCUT2D eigenvalue weighted by atomic mass is 35.5. The van der Waals surface area contributed by atoms with Crippen molar-refractivity contribution < 1.29 is 27.9 Å². The highest BCUT2D eigenvalue weighted by molar-refractivity contribution is 6.49. The normalized spacial score (nSPS) is 11.8. The van der Waals surface area contributed by atoms with Crippen molar-refractivity contribution in [3.05, 3.63) is 94.5 Å². The molecule has 1 amide bonds. The molecule has 3 rings (SSSR count). The molecule has 0 heterocycles. The van der Waals surface area contributed by atoms with E-state index in [1.54, 1.807) is 42.5 Å². The van der Waals surface area contributed by atoms with E-state index in [9.17, 15) is 23.2 Å². The van der Waals surface area contributed by atoms with Gasteiger partial charge in [-0.3, -0.25) is 4.79 Å². The molecule has 0 bridgehead atoms. The second-order valence-electron chi connectivity index (χ2n) is 7.03. The second-order valence-corrected chi connectivity index (χ2v) is 7.47. The molecule has 0 saturated carbocycles. The molecule has 0 aromatic heterocycles. The van der Waals surface area contributed by atoms with E-state index in [0.717, 1.165) is 12.1 Å². The Hall–Kier alpha value is -3.52. The van der Waals surface area contributed by atoms with Gasteiger partial charge in [0.2, 0.25) is 0 Å². The van der Waals surface area contributed by atoms with E-state index in [1.165, 1.54) is 30.2 Å². The van der Waals surface area contributed by atoms with Crippen molar-refractivity contribution >= 4 is 28.9 Å². The van der Waals surface area contributed by atoms with E-state index in [0.29, 0.717) is 27.6 Å². The summed E-state index contributed by atoms with van der Waals surface area (Å²) in [6, 6.07) is 17.8. The summed E-state index contributed by atoms with van der Waals surface area (Å²) in [5.74, 6) is -0.276. The summed E-state index contributed by atoms with van der Waals surface area (Å²) >= 11 is 6.15. The van der Waals surface area contributed by atoms with Gasteiger partial charge in [-0.1, -0.05) is 59.2 Å². The number of halogens is 4. The molecule has 33 heavy (non-hydrogen) atoms. The molecule has 0 aliphatic rings. The number of hydrogen-bond donors (Lipinski definition) is 1. The van der Waals surface area contributed by atoms with E-state index in [4.69, 9.17) is 16.3 Å². The van der Waals surface area contributed by atoms with Crippen LogP contribution in [-0.4, -0.2) is 30.5 Å². The number of ether oxygens (including phenoxy) is 1. The van der Waals surface area contributed by atoms with Gasteiger partial charge >= 0.3 is 6.18 Å². The number of carbonyl (C=O) groups excluding carboxylic acids is 1. The third-order valence-electron chi connectivity index (χ3n) is 4.93. The minimum Gasteiger partial charge on any atom is -0.495 e. The molecule has 0 fully saturated rings. The first kappa shape index (κ1) is 24.1. The van der Waals surface area contributed by atoms with E-state index in [2.05, 4.69) is 5.16 Å². The van der Waals surface area contributed by atoms with Crippen molar-refractivity contribution in [1.82, 2.24) is 0 Å². The Bertz CT molecular complexity index is 1130. The van der Waals surface area contributed by atoms with Crippen LogP contribution in [0, 0.1) is 0 Å². The van der Waals surface area contributed by atoms with Crippen LogP contribution in [0.3, 0.4) is 0 Å². The summed E-state index contributed by atoms with van der Waals surface area (Å²) in [5.41, 5.74) is 0.355. The number of anilines is 1. The molecule has 0 aliphatic carbocycles. The van der Waals surface area contributed by atoms with Crippen LogP contribution in [-0.2, 0) is 17.4 Å². The van der Waals surface area contributed by atoms with Gasteiger partial charge in [0.1, 0.15) is 5.75 Å². The standard InChI is InChI=1S/C24H20ClF3N2O3/c1-33-21-12-11-19(25)15-20(21)30(23(31)22(29-32)17-5-3-2-4-6-17)14-13-16-7-9-18(10-8-16)24(26,27)28/h2-12,15,32H,13-14H2,1H3. The van der Waals surface area contributed by atoms with Crippen LogP contribution in [0.15, 0.2) is 78.0 Å². The fourth-order valence-electron chi connectivity index (χ4n) is 3.25. The fourth-order valence-corrected chi connectivity index (χ4v) is 3.42. The summed E-state index contributed by atoms with van der Waals surface area (Å²) in [6.07, 6.45) is -4.20. The monoisotopic (exact) mass is 476 g/mol. The maximum Gasteiger partial charge on any atom is 0.416 e. The van der Waals surface area contributed by atoms with Crippen molar-refractivity contribution in [2.24, 2.45) is 5.16 Å². The van der Waals surface area contributed by atoms with Gasteiger partial charge < -0.3 is 14.8 Å². The molecule has 3 aromatic rings. The second kappa shape index (κ2) is 10.4.